The van der Waals surface area contributed by atoms with Crippen LogP contribution in [0.2, 0.25) is 0 Å². The Hall–Kier alpha value is -0.830. The van der Waals surface area contributed by atoms with Crippen LogP contribution >= 0.6 is 0 Å². The fourth-order valence-electron chi connectivity index (χ4n) is 2.45. The monoisotopic (exact) mass is 207 g/mol. The Morgan fingerprint density at radius 3 is 2.80 bits per heavy atom. The van der Waals surface area contributed by atoms with Gasteiger partial charge in [0.2, 0.25) is 0 Å². The molecule has 3 heteroatoms. The smallest absolute Gasteiger partial charge is 0.109 e. The lowest BCUT2D eigenvalue weighted by molar-refractivity contribution is 0.366. The Bertz CT molecular complexity index is 310. The molecule has 15 heavy (non-hydrogen) atoms. The molecule has 1 aromatic rings. The molecule has 1 aliphatic carbocycles. The van der Waals surface area contributed by atoms with E-state index >= 15 is 0 Å². The zero-order valence-electron chi connectivity index (χ0n) is 9.79. The van der Waals surface area contributed by atoms with Gasteiger partial charge in [-0.2, -0.15) is 0 Å². The van der Waals surface area contributed by atoms with Gasteiger partial charge in [-0.15, -0.1) is 0 Å². The van der Waals surface area contributed by atoms with E-state index in [4.69, 9.17) is 0 Å². The normalized spacial score (nSPS) is 19.6. The number of hydrogen-bond donors (Lipinski definition) is 1. The van der Waals surface area contributed by atoms with Crippen molar-refractivity contribution in [3.63, 3.8) is 0 Å². The molecule has 0 aliphatic heterocycles. The molecule has 1 N–H and O–H groups in total. The van der Waals surface area contributed by atoms with Crippen molar-refractivity contribution in [2.24, 2.45) is 7.05 Å². The maximum Gasteiger partial charge on any atom is 0.109 e. The molecule has 0 atom stereocenters. The summed E-state index contributed by atoms with van der Waals surface area (Å²) in [4.78, 5) is 4.33. The van der Waals surface area contributed by atoms with Gasteiger partial charge in [0.05, 0.1) is 0 Å². The highest BCUT2D eigenvalue weighted by atomic mass is 15.0. The van der Waals surface area contributed by atoms with Crippen LogP contribution in [0.3, 0.4) is 0 Å². The van der Waals surface area contributed by atoms with E-state index in [0.29, 0.717) is 5.54 Å². The lowest BCUT2D eigenvalue weighted by Crippen LogP contribution is -2.40. The molecule has 1 aromatic heterocycles. The van der Waals surface area contributed by atoms with Crippen molar-refractivity contribution in [3.8, 4) is 0 Å². The molecule has 0 radical (unpaired) electrons. The maximum absolute atomic E-state index is 4.33. The molecule has 3 nitrogen and oxygen atoms in total. The Labute approximate surface area is 91.9 Å². The highest BCUT2D eigenvalue weighted by Gasteiger charge is 2.27. The average Bonchev–Trinajstić information content (AvgIpc) is 2.78. The summed E-state index contributed by atoms with van der Waals surface area (Å²) in [5.41, 5.74) is 0.394. The molecule has 84 valence electrons. The standard InChI is InChI=1S/C12H21N3/c1-12(6-3-4-7-12)14-8-5-11-13-9-10-15(11)2/h9-10,14H,3-8H2,1-2H3. The zero-order valence-corrected chi connectivity index (χ0v) is 9.79. The van der Waals surface area contributed by atoms with Gasteiger partial charge in [-0.1, -0.05) is 12.8 Å². The molecule has 1 saturated carbocycles. The fourth-order valence-corrected chi connectivity index (χ4v) is 2.45. The largest absolute Gasteiger partial charge is 0.338 e. The first-order valence-corrected chi connectivity index (χ1v) is 5.91. The van der Waals surface area contributed by atoms with Crippen LogP contribution in [0.5, 0.6) is 0 Å². The molecule has 0 spiro atoms. The number of imidazole rings is 1. The van der Waals surface area contributed by atoms with Gasteiger partial charge in [0.15, 0.2) is 0 Å². The van der Waals surface area contributed by atoms with Crippen LogP contribution in [0, 0.1) is 0 Å². The van der Waals surface area contributed by atoms with Crippen molar-refractivity contribution in [2.45, 2.75) is 44.6 Å². The molecule has 0 saturated heterocycles. The topological polar surface area (TPSA) is 29.9 Å². The van der Waals surface area contributed by atoms with Gasteiger partial charge in [-0.3, -0.25) is 0 Å². The molecule has 0 amide bonds. The first-order valence-electron chi connectivity index (χ1n) is 5.91. The summed E-state index contributed by atoms with van der Waals surface area (Å²) in [6.45, 7) is 3.39. The zero-order chi connectivity index (χ0) is 10.7. The number of hydrogen-bond acceptors (Lipinski definition) is 2. The predicted octanol–water partition coefficient (Wildman–Crippen LogP) is 1.88. The van der Waals surface area contributed by atoms with Crippen LogP contribution in [-0.2, 0) is 13.5 Å². The summed E-state index contributed by atoms with van der Waals surface area (Å²) < 4.78 is 2.10. The van der Waals surface area contributed by atoms with Crippen molar-refractivity contribution in [2.75, 3.05) is 6.54 Å². The second-order valence-corrected chi connectivity index (χ2v) is 4.90. The van der Waals surface area contributed by atoms with E-state index in [9.17, 15) is 0 Å². The second kappa shape index (κ2) is 4.35. The van der Waals surface area contributed by atoms with Gasteiger partial charge >= 0.3 is 0 Å². The highest BCUT2D eigenvalue weighted by Crippen LogP contribution is 2.28. The van der Waals surface area contributed by atoms with Crippen molar-refractivity contribution < 1.29 is 0 Å². The van der Waals surface area contributed by atoms with E-state index in [0.717, 1.165) is 13.0 Å². The summed E-state index contributed by atoms with van der Waals surface area (Å²) in [5, 5.41) is 3.67. The third kappa shape index (κ3) is 2.59. The third-order valence-corrected chi connectivity index (χ3v) is 3.53. The summed E-state index contributed by atoms with van der Waals surface area (Å²) >= 11 is 0. The van der Waals surface area contributed by atoms with E-state index in [-0.39, 0.29) is 0 Å². The lowest BCUT2D eigenvalue weighted by atomic mass is 10.0. The van der Waals surface area contributed by atoms with E-state index in [2.05, 4.69) is 28.8 Å². The van der Waals surface area contributed by atoms with Crippen molar-refractivity contribution in [1.82, 2.24) is 14.9 Å². The van der Waals surface area contributed by atoms with E-state index in [1.54, 1.807) is 0 Å². The van der Waals surface area contributed by atoms with Crippen LogP contribution in [0.15, 0.2) is 12.4 Å². The van der Waals surface area contributed by atoms with E-state index in [1.165, 1.54) is 31.5 Å². The predicted molar refractivity (Wildman–Crippen MR) is 61.8 cm³/mol. The molecular weight excluding hydrogens is 186 g/mol. The Morgan fingerprint density at radius 2 is 2.20 bits per heavy atom. The first kappa shape index (κ1) is 10.7. The van der Waals surface area contributed by atoms with Gasteiger partial charge in [-0.05, 0) is 19.8 Å². The Morgan fingerprint density at radius 1 is 1.47 bits per heavy atom. The molecule has 2 rings (SSSR count). The highest BCUT2D eigenvalue weighted by molar-refractivity contribution is 4.94. The van der Waals surface area contributed by atoms with Gasteiger partial charge in [-0.25, -0.2) is 4.98 Å². The summed E-state index contributed by atoms with van der Waals surface area (Å²) in [5.74, 6) is 1.17. The van der Waals surface area contributed by atoms with E-state index in [1.807, 2.05) is 12.4 Å². The lowest BCUT2D eigenvalue weighted by Gasteiger charge is -2.25. The summed E-state index contributed by atoms with van der Waals surface area (Å²) in [6.07, 6.45) is 10.3. The Balaban J connectivity index is 1.77. The molecule has 0 aromatic carbocycles. The molecular formula is C12H21N3. The summed E-state index contributed by atoms with van der Waals surface area (Å²) in [7, 11) is 2.06. The molecule has 0 bridgehead atoms. The first-order chi connectivity index (χ1) is 7.20. The van der Waals surface area contributed by atoms with Crippen molar-refractivity contribution in [1.29, 1.82) is 0 Å². The molecule has 1 fully saturated rings. The second-order valence-electron chi connectivity index (χ2n) is 4.90. The maximum atomic E-state index is 4.33. The van der Waals surface area contributed by atoms with Crippen LogP contribution < -0.4 is 5.32 Å². The van der Waals surface area contributed by atoms with Crippen LogP contribution in [0.1, 0.15) is 38.4 Å². The van der Waals surface area contributed by atoms with E-state index < -0.39 is 0 Å². The SMILES string of the molecule is Cn1ccnc1CCNC1(C)CCCC1. The quantitative estimate of drug-likeness (QED) is 0.817. The van der Waals surface area contributed by atoms with Gasteiger partial charge in [0.25, 0.3) is 0 Å². The van der Waals surface area contributed by atoms with Gasteiger partial charge in [0.1, 0.15) is 5.82 Å². The molecule has 1 heterocycles. The number of nitrogens with zero attached hydrogens (tertiary/aromatic N) is 2. The van der Waals surface area contributed by atoms with Crippen molar-refractivity contribution >= 4 is 0 Å². The van der Waals surface area contributed by atoms with Crippen LogP contribution in [-0.4, -0.2) is 21.6 Å². The number of aromatic nitrogens is 2. The van der Waals surface area contributed by atoms with Gasteiger partial charge < -0.3 is 9.88 Å². The van der Waals surface area contributed by atoms with Crippen LogP contribution in [0.4, 0.5) is 0 Å². The third-order valence-electron chi connectivity index (χ3n) is 3.53. The number of aryl methyl sites for hydroxylation is 1. The molecule has 0 unspecified atom stereocenters. The molecule has 1 aliphatic rings. The fraction of sp³-hybridized carbons (Fsp3) is 0.750. The minimum atomic E-state index is 0.394. The minimum absolute atomic E-state index is 0.394. The van der Waals surface area contributed by atoms with Crippen LogP contribution in [0.25, 0.3) is 0 Å². The van der Waals surface area contributed by atoms with Crippen molar-refractivity contribution in [3.05, 3.63) is 18.2 Å². The Kier molecular flexibility index (Phi) is 3.10. The number of rotatable bonds is 4. The average molecular weight is 207 g/mol. The van der Waals surface area contributed by atoms with Gasteiger partial charge in [0, 0.05) is 37.9 Å². The minimum Gasteiger partial charge on any atom is -0.338 e. The summed E-state index contributed by atoms with van der Waals surface area (Å²) in [6, 6.07) is 0. The number of nitrogens with one attached hydrogen (secondary N) is 1.